The summed E-state index contributed by atoms with van der Waals surface area (Å²) in [6.07, 6.45) is 0.386. The van der Waals surface area contributed by atoms with Crippen molar-refractivity contribution < 1.29 is 23.0 Å². The van der Waals surface area contributed by atoms with E-state index in [9.17, 15) is 13.6 Å². The lowest BCUT2D eigenvalue weighted by Crippen LogP contribution is -2.51. The van der Waals surface area contributed by atoms with Gasteiger partial charge in [0.1, 0.15) is 11.3 Å². The van der Waals surface area contributed by atoms with E-state index in [2.05, 4.69) is 10.1 Å². The summed E-state index contributed by atoms with van der Waals surface area (Å²) >= 11 is 0. The van der Waals surface area contributed by atoms with Crippen molar-refractivity contribution in [2.45, 2.75) is 18.6 Å². The monoisotopic (exact) mass is 272 g/mol. The van der Waals surface area contributed by atoms with Crippen LogP contribution in [-0.2, 0) is 9.53 Å². The van der Waals surface area contributed by atoms with Gasteiger partial charge in [-0.1, -0.05) is 12.1 Å². The zero-order chi connectivity index (χ0) is 13.9. The molecule has 0 saturated carbocycles. The average molecular weight is 272 g/mol. The summed E-state index contributed by atoms with van der Waals surface area (Å²) in [5.74, 6) is -0.580. The van der Waals surface area contributed by atoms with Gasteiger partial charge in [-0.25, -0.2) is 0 Å². The third-order valence-corrected chi connectivity index (χ3v) is 2.86. The predicted octanol–water partition coefficient (Wildman–Crippen LogP) is 1.34. The van der Waals surface area contributed by atoms with E-state index < -0.39 is 18.1 Å². The maximum atomic E-state index is 12.2. The van der Waals surface area contributed by atoms with Crippen LogP contribution in [0.5, 0.6) is 5.75 Å². The molecule has 1 atom stereocenters. The molecule has 104 valence electrons. The zero-order valence-electron chi connectivity index (χ0n) is 10.1. The van der Waals surface area contributed by atoms with Crippen molar-refractivity contribution in [3.05, 3.63) is 24.3 Å². The Morgan fingerprint density at radius 1 is 1.47 bits per heavy atom. The van der Waals surface area contributed by atoms with E-state index in [1.165, 1.54) is 18.2 Å². The number of rotatable bonds is 4. The summed E-state index contributed by atoms with van der Waals surface area (Å²) in [4.78, 5) is 12.0. The topological polar surface area (TPSA) is 73.6 Å². The van der Waals surface area contributed by atoms with Crippen molar-refractivity contribution in [1.82, 2.24) is 0 Å². The van der Waals surface area contributed by atoms with Crippen LogP contribution in [0.15, 0.2) is 24.3 Å². The van der Waals surface area contributed by atoms with Gasteiger partial charge in [0.25, 0.3) is 0 Å². The molecule has 1 aromatic rings. The van der Waals surface area contributed by atoms with Crippen molar-refractivity contribution >= 4 is 11.6 Å². The largest absolute Gasteiger partial charge is 0.433 e. The van der Waals surface area contributed by atoms with Crippen LogP contribution in [0.4, 0.5) is 14.5 Å². The number of nitrogens with two attached hydrogens (primary N) is 1. The number of hydrogen-bond donors (Lipinski definition) is 2. The number of carbonyl (C=O) groups is 1. The Labute approximate surface area is 108 Å². The highest BCUT2D eigenvalue weighted by atomic mass is 19.3. The molecule has 0 aliphatic carbocycles. The van der Waals surface area contributed by atoms with Crippen LogP contribution in [0.25, 0.3) is 0 Å². The summed E-state index contributed by atoms with van der Waals surface area (Å²) in [6.45, 7) is -2.45. The van der Waals surface area contributed by atoms with E-state index in [1.807, 2.05) is 0 Å². The van der Waals surface area contributed by atoms with Crippen LogP contribution >= 0.6 is 0 Å². The molecule has 1 aromatic carbocycles. The van der Waals surface area contributed by atoms with Gasteiger partial charge in [-0.15, -0.1) is 0 Å². The van der Waals surface area contributed by atoms with Crippen molar-refractivity contribution in [3.63, 3.8) is 0 Å². The number of benzene rings is 1. The van der Waals surface area contributed by atoms with Gasteiger partial charge in [0.05, 0.1) is 12.3 Å². The van der Waals surface area contributed by atoms with E-state index in [0.29, 0.717) is 13.0 Å². The molecule has 0 aromatic heterocycles. The second-order valence-corrected chi connectivity index (χ2v) is 4.29. The number of alkyl halides is 2. The van der Waals surface area contributed by atoms with Gasteiger partial charge in [0.15, 0.2) is 0 Å². The predicted molar refractivity (Wildman–Crippen MR) is 64.1 cm³/mol. The van der Waals surface area contributed by atoms with Gasteiger partial charge >= 0.3 is 6.61 Å². The third kappa shape index (κ3) is 3.18. The number of anilines is 1. The van der Waals surface area contributed by atoms with E-state index >= 15 is 0 Å². The van der Waals surface area contributed by atoms with E-state index in [1.54, 1.807) is 6.07 Å². The summed E-state index contributed by atoms with van der Waals surface area (Å²) < 4.78 is 33.9. The lowest BCUT2D eigenvalue weighted by Gasteiger charge is -2.21. The first-order chi connectivity index (χ1) is 9.01. The van der Waals surface area contributed by atoms with E-state index in [4.69, 9.17) is 10.5 Å². The maximum Gasteiger partial charge on any atom is 0.387 e. The summed E-state index contributed by atoms with van der Waals surface area (Å²) in [5, 5.41) is 2.50. The number of ether oxygens (including phenoxy) is 2. The minimum atomic E-state index is -2.96. The fourth-order valence-corrected chi connectivity index (χ4v) is 1.78. The van der Waals surface area contributed by atoms with Gasteiger partial charge in [-0.2, -0.15) is 8.78 Å². The molecule has 3 N–H and O–H groups in total. The van der Waals surface area contributed by atoms with Crippen molar-refractivity contribution in [2.75, 3.05) is 18.5 Å². The quantitative estimate of drug-likeness (QED) is 0.867. The number of hydrogen-bond acceptors (Lipinski definition) is 4. The summed E-state index contributed by atoms with van der Waals surface area (Å²) in [5.41, 5.74) is 4.91. The summed E-state index contributed by atoms with van der Waals surface area (Å²) in [7, 11) is 0. The first kappa shape index (κ1) is 13.7. The number of carbonyl (C=O) groups excluding carboxylic acids is 1. The lowest BCUT2D eigenvalue weighted by atomic mass is 9.99. The molecule has 1 heterocycles. The summed E-state index contributed by atoms with van der Waals surface area (Å²) in [6, 6.07) is 5.94. The lowest BCUT2D eigenvalue weighted by molar-refractivity contribution is -0.121. The molecule has 1 unspecified atom stereocenters. The Bertz CT molecular complexity index is 462. The number of para-hydroxylation sites is 2. The van der Waals surface area contributed by atoms with Crippen LogP contribution in [-0.4, -0.2) is 31.3 Å². The number of halogens is 2. The molecule has 1 aliphatic rings. The standard InChI is InChI=1S/C12H14F2N2O3/c13-11(14)19-9-4-2-1-3-8(9)16-10(17)12(15)5-6-18-7-12/h1-4,11H,5-7,15H2,(H,16,17). The zero-order valence-corrected chi connectivity index (χ0v) is 10.1. The second-order valence-electron chi connectivity index (χ2n) is 4.29. The van der Waals surface area contributed by atoms with Crippen LogP contribution in [0, 0.1) is 0 Å². The molecular formula is C12H14F2N2O3. The molecular weight excluding hydrogens is 258 g/mol. The van der Waals surface area contributed by atoms with E-state index in [0.717, 1.165) is 0 Å². The van der Waals surface area contributed by atoms with Gasteiger partial charge in [-0.3, -0.25) is 4.79 Å². The minimum absolute atomic E-state index is 0.103. The Morgan fingerprint density at radius 2 is 2.21 bits per heavy atom. The Balaban J connectivity index is 2.12. The SMILES string of the molecule is NC1(C(=O)Nc2ccccc2OC(F)F)CCOC1. The smallest absolute Gasteiger partial charge is 0.387 e. The van der Waals surface area contributed by atoms with Crippen LogP contribution in [0.3, 0.4) is 0 Å². The minimum Gasteiger partial charge on any atom is -0.433 e. The fourth-order valence-electron chi connectivity index (χ4n) is 1.78. The molecule has 0 radical (unpaired) electrons. The molecule has 7 heteroatoms. The van der Waals surface area contributed by atoms with Gasteiger partial charge in [-0.05, 0) is 18.6 Å². The number of nitrogens with one attached hydrogen (secondary N) is 1. The van der Waals surface area contributed by atoms with Gasteiger partial charge in [0, 0.05) is 6.61 Å². The first-order valence-corrected chi connectivity index (χ1v) is 5.73. The molecule has 0 spiro atoms. The molecule has 1 fully saturated rings. The molecule has 19 heavy (non-hydrogen) atoms. The molecule has 1 amide bonds. The third-order valence-electron chi connectivity index (χ3n) is 2.86. The van der Waals surface area contributed by atoms with E-state index in [-0.39, 0.29) is 18.0 Å². The second kappa shape index (κ2) is 5.50. The number of amides is 1. The molecule has 0 bridgehead atoms. The normalized spacial score (nSPS) is 22.5. The molecule has 1 aliphatic heterocycles. The highest BCUT2D eigenvalue weighted by Gasteiger charge is 2.38. The first-order valence-electron chi connectivity index (χ1n) is 5.73. The van der Waals surface area contributed by atoms with Gasteiger partial charge < -0.3 is 20.5 Å². The van der Waals surface area contributed by atoms with Gasteiger partial charge in [0.2, 0.25) is 5.91 Å². The fraction of sp³-hybridized carbons (Fsp3) is 0.417. The van der Waals surface area contributed by atoms with Crippen molar-refractivity contribution in [3.8, 4) is 5.75 Å². The highest BCUT2D eigenvalue weighted by molar-refractivity contribution is 5.99. The van der Waals surface area contributed by atoms with Crippen LogP contribution in [0.2, 0.25) is 0 Å². The molecule has 1 saturated heterocycles. The van der Waals surface area contributed by atoms with Crippen LogP contribution < -0.4 is 15.8 Å². The van der Waals surface area contributed by atoms with Crippen molar-refractivity contribution in [2.24, 2.45) is 5.73 Å². The maximum absolute atomic E-state index is 12.2. The average Bonchev–Trinajstić information content (AvgIpc) is 2.79. The van der Waals surface area contributed by atoms with Crippen molar-refractivity contribution in [1.29, 1.82) is 0 Å². The van der Waals surface area contributed by atoms with Crippen LogP contribution in [0.1, 0.15) is 6.42 Å². The highest BCUT2D eigenvalue weighted by Crippen LogP contribution is 2.27. The molecule has 5 nitrogen and oxygen atoms in total. The Hall–Kier alpha value is -1.73. The Kier molecular flexibility index (Phi) is 3.96. The Morgan fingerprint density at radius 3 is 2.84 bits per heavy atom. The molecule has 2 rings (SSSR count).